The molecule has 1 aromatic heterocycles. The largest absolute Gasteiger partial charge is 0.248 e. The van der Waals surface area contributed by atoms with E-state index in [4.69, 9.17) is 4.98 Å². The highest BCUT2D eigenvalue weighted by molar-refractivity contribution is 5.88. The van der Waals surface area contributed by atoms with Crippen LogP contribution in [0.5, 0.6) is 0 Å². The summed E-state index contributed by atoms with van der Waals surface area (Å²) in [5, 5.41) is 0. The van der Waals surface area contributed by atoms with E-state index in [2.05, 4.69) is 57.7 Å². The van der Waals surface area contributed by atoms with Crippen molar-refractivity contribution in [1.29, 1.82) is 0 Å². The van der Waals surface area contributed by atoms with Crippen LogP contribution in [-0.2, 0) is 0 Å². The van der Waals surface area contributed by atoms with Crippen molar-refractivity contribution >= 4 is 23.3 Å². The van der Waals surface area contributed by atoms with Gasteiger partial charge in [-0.15, -0.1) is 5.73 Å². The molecule has 0 aliphatic heterocycles. The fourth-order valence-corrected chi connectivity index (χ4v) is 3.15. The van der Waals surface area contributed by atoms with E-state index >= 15 is 0 Å². The van der Waals surface area contributed by atoms with Gasteiger partial charge in [-0.3, -0.25) is 0 Å². The van der Waals surface area contributed by atoms with Crippen LogP contribution in [0.15, 0.2) is 104 Å². The maximum absolute atomic E-state index is 4.97. The van der Waals surface area contributed by atoms with Crippen LogP contribution < -0.4 is 0 Å². The molecule has 1 nitrogen and oxygen atoms in total. The summed E-state index contributed by atoms with van der Waals surface area (Å²) >= 11 is 0. The summed E-state index contributed by atoms with van der Waals surface area (Å²) in [6.07, 6.45) is 22.3. The molecule has 1 aliphatic carbocycles. The van der Waals surface area contributed by atoms with Crippen molar-refractivity contribution in [2.24, 2.45) is 0 Å². The van der Waals surface area contributed by atoms with Crippen molar-refractivity contribution in [1.82, 2.24) is 4.98 Å². The third kappa shape index (κ3) is 5.67. The number of nitrogens with zero attached hydrogens (tertiary/aromatic N) is 1. The Morgan fingerprint density at radius 2 is 1.83 bits per heavy atom. The highest BCUT2D eigenvalue weighted by atomic mass is 14.7. The zero-order valence-electron chi connectivity index (χ0n) is 18.0. The third-order valence-electron chi connectivity index (χ3n) is 4.67. The van der Waals surface area contributed by atoms with Crippen LogP contribution in [0, 0.1) is 6.92 Å². The normalized spacial score (nSPS) is 14.5. The number of pyridine rings is 1. The number of allylic oxidation sites excluding steroid dienone is 12. The zero-order valence-corrected chi connectivity index (χ0v) is 18.0. The van der Waals surface area contributed by atoms with Crippen molar-refractivity contribution in [3.8, 4) is 0 Å². The van der Waals surface area contributed by atoms with Gasteiger partial charge in [-0.1, -0.05) is 75.4 Å². The van der Waals surface area contributed by atoms with Gasteiger partial charge in [0.25, 0.3) is 0 Å². The van der Waals surface area contributed by atoms with E-state index in [0.717, 1.165) is 56.8 Å². The maximum atomic E-state index is 4.97. The molecule has 1 heterocycles. The van der Waals surface area contributed by atoms with Gasteiger partial charge in [0.2, 0.25) is 0 Å². The molecular weight excluding hydrogens is 362 g/mol. The molecule has 0 fully saturated rings. The lowest BCUT2D eigenvalue weighted by Gasteiger charge is -2.18. The summed E-state index contributed by atoms with van der Waals surface area (Å²) < 4.78 is 0. The standard InChI is InChI=1S/C29H29N/c1-8-10-15-23(5)28-25(7)29-24(6)16-13-11-12-14-22(4)18-20-27(29)30-26(28)19-17-21(3)9-2/h8-9,12-20H,2-6,11H2,1,7H3/b14-12-,16-13?,19-17-,20-18?. The molecule has 2 rings (SSSR count). The Hall–Kier alpha value is -3.67. The summed E-state index contributed by atoms with van der Waals surface area (Å²) in [6, 6.07) is 0. The monoisotopic (exact) mass is 391 g/mol. The van der Waals surface area contributed by atoms with E-state index in [1.807, 2.05) is 55.5 Å². The summed E-state index contributed by atoms with van der Waals surface area (Å²) in [5.74, 6) is 0. The van der Waals surface area contributed by atoms with Crippen molar-refractivity contribution in [3.05, 3.63) is 133 Å². The second-order valence-electron chi connectivity index (χ2n) is 6.97. The summed E-state index contributed by atoms with van der Waals surface area (Å²) in [5.41, 5.74) is 11.3. The number of fused-ring (bicyclic) bond motifs is 1. The third-order valence-corrected chi connectivity index (χ3v) is 4.67. The molecule has 1 aromatic rings. The van der Waals surface area contributed by atoms with Crippen LogP contribution >= 0.6 is 0 Å². The van der Waals surface area contributed by atoms with Crippen LogP contribution in [0.2, 0.25) is 0 Å². The average Bonchev–Trinajstić information content (AvgIpc) is 2.75. The second-order valence-corrected chi connectivity index (χ2v) is 6.97. The quantitative estimate of drug-likeness (QED) is 0.366. The SMILES string of the molecule is C=CC(=C)/C=C\c1nc2c(c(C)c1C(=C)C=C=CC)C(=C)C=CC/C=C\C(=C)C=C2. The minimum Gasteiger partial charge on any atom is -0.248 e. The first-order chi connectivity index (χ1) is 14.4. The van der Waals surface area contributed by atoms with E-state index in [-0.39, 0.29) is 0 Å². The smallest absolute Gasteiger partial charge is 0.0718 e. The van der Waals surface area contributed by atoms with Crippen LogP contribution in [0.1, 0.15) is 41.4 Å². The van der Waals surface area contributed by atoms with E-state index in [1.54, 1.807) is 6.08 Å². The van der Waals surface area contributed by atoms with Gasteiger partial charge in [0.15, 0.2) is 0 Å². The Labute approximate surface area is 181 Å². The fourth-order valence-electron chi connectivity index (χ4n) is 3.15. The molecule has 0 amide bonds. The Morgan fingerprint density at radius 3 is 2.53 bits per heavy atom. The molecule has 0 radical (unpaired) electrons. The molecule has 150 valence electrons. The van der Waals surface area contributed by atoms with Gasteiger partial charge in [0, 0.05) is 11.1 Å². The molecular formula is C29H29N. The summed E-state index contributed by atoms with van der Waals surface area (Å²) in [4.78, 5) is 4.97. The van der Waals surface area contributed by atoms with Crippen molar-refractivity contribution < 1.29 is 0 Å². The van der Waals surface area contributed by atoms with E-state index < -0.39 is 0 Å². The maximum Gasteiger partial charge on any atom is 0.0718 e. The van der Waals surface area contributed by atoms with Crippen LogP contribution in [0.4, 0.5) is 0 Å². The molecule has 0 unspecified atom stereocenters. The van der Waals surface area contributed by atoms with Gasteiger partial charge in [0.05, 0.1) is 11.4 Å². The van der Waals surface area contributed by atoms with E-state index in [0.29, 0.717) is 0 Å². The predicted molar refractivity (Wildman–Crippen MR) is 135 cm³/mol. The van der Waals surface area contributed by atoms with Crippen molar-refractivity contribution in [2.75, 3.05) is 0 Å². The Bertz CT molecular complexity index is 1090. The molecule has 0 aromatic carbocycles. The summed E-state index contributed by atoms with van der Waals surface area (Å²) in [6.45, 7) is 24.4. The molecule has 0 bridgehead atoms. The number of aromatic nitrogens is 1. The Morgan fingerprint density at radius 1 is 1.10 bits per heavy atom. The Kier molecular flexibility index (Phi) is 8.11. The lowest BCUT2D eigenvalue weighted by atomic mass is 9.90. The topological polar surface area (TPSA) is 12.9 Å². The fraction of sp³-hybridized carbons (Fsp3) is 0.103. The molecule has 0 spiro atoms. The minimum atomic E-state index is 0.811. The number of hydrogen-bond acceptors (Lipinski definition) is 1. The molecule has 1 aliphatic rings. The first-order valence-corrected chi connectivity index (χ1v) is 9.88. The van der Waals surface area contributed by atoms with Gasteiger partial charge in [0.1, 0.15) is 0 Å². The van der Waals surface area contributed by atoms with E-state index in [1.165, 1.54) is 0 Å². The molecule has 30 heavy (non-hydrogen) atoms. The average molecular weight is 392 g/mol. The molecule has 1 heteroatoms. The summed E-state index contributed by atoms with van der Waals surface area (Å²) in [7, 11) is 0. The van der Waals surface area contributed by atoms with Gasteiger partial charge >= 0.3 is 0 Å². The number of hydrogen-bond donors (Lipinski definition) is 0. The first-order valence-electron chi connectivity index (χ1n) is 9.88. The highest BCUT2D eigenvalue weighted by Gasteiger charge is 2.17. The zero-order chi connectivity index (χ0) is 22.1. The van der Waals surface area contributed by atoms with E-state index in [9.17, 15) is 0 Å². The van der Waals surface area contributed by atoms with Gasteiger partial charge < -0.3 is 0 Å². The van der Waals surface area contributed by atoms with Crippen LogP contribution in [-0.4, -0.2) is 4.98 Å². The Balaban J connectivity index is 2.85. The van der Waals surface area contributed by atoms with Crippen LogP contribution in [0.25, 0.3) is 23.3 Å². The van der Waals surface area contributed by atoms with Crippen molar-refractivity contribution in [3.63, 3.8) is 0 Å². The first kappa shape index (κ1) is 22.6. The molecule has 0 N–H and O–H groups in total. The second kappa shape index (κ2) is 10.8. The van der Waals surface area contributed by atoms with Gasteiger partial charge in [-0.2, -0.15) is 0 Å². The minimum absolute atomic E-state index is 0.811. The van der Waals surface area contributed by atoms with Crippen LogP contribution in [0.3, 0.4) is 0 Å². The highest BCUT2D eigenvalue weighted by Crippen LogP contribution is 2.33. The lowest BCUT2D eigenvalue weighted by molar-refractivity contribution is 1.19. The molecule has 0 saturated carbocycles. The molecule has 0 atom stereocenters. The number of rotatable bonds is 5. The van der Waals surface area contributed by atoms with Crippen molar-refractivity contribution in [2.45, 2.75) is 20.3 Å². The van der Waals surface area contributed by atoms with Gasteiger partial charge in [-0.25, -0.2) is 4.98 Å². The van der Waals surface area contributed by atoms with Gasteiger partial charge in [-0.05, 0) is 72.4 Å². The lowest BCUT2D eigenvalue weighted by Crippen LogP contribution is -2.04. The predicted octanol–water partition coefficient (Wildman–Crippen LogP) is 7.99. The molecule has 0 saturated heterocycles.